The van der Waals surface area contributed by atoms with Crippen LogP contribution in [0.5, 0.6) is 5.75 Å². The van der Waals surface area contributed by atoms with Crippen molar-refractivity contribution in [2.45, 2.75) is 18.9 Å². The van der Waals surface area contributed by atoms with Crippen molar-refractivity contribution < 1.29 is 9.53 Å². The van der Waals surface area contributed by atoms with Crippen molar-refractivity contribution in [3.63, 3.8) is 0 Å². The van der Waals surface area contributed by atoms with Gasteiger partial charge >= 0.3 is 0 Å². The Morgan fingerprint density at radius 2 is 2.09 bits per heavy atom. The summed E-state index contributed by atoms with van der Waals surface area (Å²) in [5.41, 5.74) is 1.77. The molecule has 1 fully saturated rings. The van der Waals surface area contributed by atoms with Gasteiger partial charge in [0.1, 0.15) is 5.75 Å². The van der Waals surface area contributed by atoms with Gasteiger partial charge in [-0.3, -0.25) is 9.78 Å². The third-order valence-electron chi connectivity index (χ3n) is 3.97. The lowest BCUT2D eigenvalue weighted by Crippen LogP contribution is -2.30. The molecule has 5 heteroatoms. The normalized spacial score (nSPS) is 17.5. The monoisotopic (exact) mass is 360 g/mol. The van der Waals surface area contributed by atoms with Crippen LogP contribution in [0.4, 0.5) is 0 Å². The maximum Gasteiger partial charge on any atom is 0.255 e. The van der Waals surface area contributed by atoms with Gasteiger partial charge in [-0.15, -0.1) is 0 Å². The average molecular weight is 361 g/mol. The smallest absolute Gasteiger partial charge is 0.255 e. The Morgan fingerprint density at radius 3 is 2.77 bits per heavy atom. The topological polar surface area (TPSA) is 42.4 Å². The van der Waals surface area contributed by atoms with E-state index in [0.29, 0.717) is 5.56 Å². The lowest BCUT2D eigenvalue weighted by molar-refractivity contribution is 0.0735. The van der Waals surface area contributed by atoms with E-state index < -0.39 is 0 Å². The summed E-state index contributed by atoms with van der Waals surface area (Å²) in [4.78, 5) is 18.8. The average Bonchev–Trinajstić information content (AvgIpc) is 3.04. The van der Waals surface area contributed by atoms with E-state index in [1.54, 1.807) is 19.5 Å². The summed E-state index contributed by atoms with van der Waals surface area (Å²) in [5, 5.41) is 0. The van der Waals surface area contributed by atoms with Crippen molar-refractivity contribution in [3.8, 4) is 5.75 Å². The van der Waals surface area contributed by atoms with Crippen molar-refractivity contribution in [3.05, 3.63) is 58.3 Å². The highest BCUT2D eigenvalue weighted by atomic mass is 79.9. The molecule has 0 radical (unpaired) electrons. The van der Waals surface area contributed by atoms with Gasteiger partial charge in [0.15, 0.2) is 0 Å². The van der Waals surface area contributed by atoms with Gasteiger partial charge in [-0.2, -0.15) is 0 Å². The second-order valence-corrected chi connectivity index (χ2v) is 6.24. The highest BCUT2D eigenvalue weighted by molar-refractivity contribution is 9.10. The minimum absolute atomic E-state index is 0.0344. The maximum atomic E-state index is 12.7. The highest BCUT2D eigenvalue weighted by Gasteiger charge is 2.30. The highest BCUT2D eigenvalue weighted by Crippen LogP contribution is 2.34. The fourth-order valence-corrected chi connectivity index (χ4v) is 3.24. The summed E-state index contributed by atoms with van der Waals surface area (Å²) in [5.74, 6) is 0.864. The van der Waals surface area contributed by atoms with E-state index in [2.05, 4.69) is 20.9 Å². The van der Waals surface area contributed by atoms with E-state index in [9.17, 15) is 4.79 Å². The summed E-state index contributed by atoms with van der Waals surface area (Å²) in [6.45, 7) is 0.780. The van der Waals surface area contributed by atoms with Crippen LogP contribution in [0.25, 0.3) is 0 Å². The van der Waals surface area contributed by atoms with Crippen molar-refractivity contribution >= 4 is 21.8 Å². The quantitative estimate of drug-likeness (QED) is 0.835. The molecule has 3 rings (SSSR count). The summed E-state index contributed by atoms with van der Waals surface area (Å²) < 4.78 is 6.01. The lowest BCUT2D eigenvalue weighted by Gasteiger charge is -2.25. The lowest BCUT2D eigenvalue weighted by atomic mass is 10.0. The molecule has 0 unspecified atom stereocenters. The molecule has 0 saturated carbocycles. The maximum absolute atomic E-state index is 12.7. The zero-order valence-electron chi connectivity index (χ0n) is 12.3. The van der Waals surface area contributed by atoms with Crippen molar-refractivity contribution in [2.75, 3.05) is 13.7 Å². The zero-order valence-corrected chi connectivity index (χ0v) is 13.9. The Labute approximate surface area is 138 Å². The zero-order chi connectivity index (χ0) is 15.5. The molecular weight excluding hydrogens is 344 g/mol. The Kier molecular flexibility index (Phi) is 4.43. The second-order valence-electron chi connectivity index (χ2n) is 5.32. The number of aromatic nitrogens is 1. The number of rotatable bonds is 3. The molecule has 4 nitrogen and oxygen atoms in total. The minimum Gasteiger partial charge on any atom is -0.497 e. The van der Waals surface area contributed by atoms with E-state index in [1.807, 2.05) is 35.2 Å². The van der Waals surface area contributed by atoms with E-state index in [0.717, 1.165) is 35.2 Å². The molecule has 1 saturated heterocycles. The predicted molar refractivity (Wildman–Crippen MR) is 87.9 cm³/mol. The molecule has 0 aliphatic carbocycles. The molecule has 1 aliphatic heterocycles. The van der Waals surface area contributed by atoms with Crippen molar-refractivity contribution in [1.82, 2.24) is 9.88 Å². The van der Waals surface area contributed by atoms with Gasteiger partial charge in [-0.25, -0.2) is 0 Å². The predicted octanol–water partition coefficient (Wildman–Crippen LogP) is 3.83. The van der Waals surface area contributed by atoms with Crippen LogP contribution >= 0.6 is 15.9 Å². The molecule has 2 aromatic rings. The van der Waals surface area contributed by atoms with Crippen LogP contribution in [0.2, 0.25) is 0 Å². The van der Waals surface area contributed by atoms with Crippen molar-refractivity contribution in [1.29, 1.82) is 0 Å². The fraction of sp³-hybridized carbons (Fsp3) is 0.294. The Hall–Kier alpha value is -1.88. The minimum atomic E-state index is 0.0344. The number of hydrogen-bond acceptors (Lipinski definition) is 3. The van der Waals surface area contributed by atoms with Crippen LogP contribution in [0.1, 0.15) is 34.8 Å². The van der Waals surface area contributed by atoms with Crippen LogP contribution < -0.4 is 4.74 Å². The number of ether oxygens (including phenoxy) is 1. The molecule has 114 valence electrons. The number of hydrogen-bond donors (Lipinski definition) is 0. The summed E-state index contributed by atoms with van der Waals surface area (Å²) >= 11 is 3.37. The van der Waals surface area contributed by atoms with Gasteiger partial charge in [0.2, 0.25) is 0 Å². The van der Waals surface area contributed by atoms with E-state index in [4.69, 9.17) is 4.74 Å². The number of halogens is 1. The van der Waals surface area contributed by atoms with Gasteiger partial charge in [-0.1, -0.05) is 12.1 Å². The third kappa shape index (κ3) is 2.99. The van der Waals surface area contributed by atoms with E-state index >= 15 is 0 Å². The molecule has 0 N–H and O–H groups in total. The number of benzene rings is 1. The van der Waals surface area contributed by atoms with Gasteiger partial charge in [-0.05, 0) is 52.5 Å². The Balaban J connectivity index is 1.84. The van der Waals surface area contributed by atoms with Crippen LogP contribution in [-0.2, 0) is 0 Å². The number of likely N-dealkylation sites (tertiary alicyclic amines) is 1. The van der Waals surface area contributed by atoms with Crippen molar-refractivity contribution in [2.24, 2.45) is 0 Å². The first kappa shape index (κ1) is 15.0. The molecule has 1 aliphatic rings. The number of carbonyl (C=O) groups excluding carboxylic acids is 1. The molecule has 1 amide bonds. The number of amides is 1. The van der Waals surface area contributed by atoms with E-state index in [1.165, 1.54) is 0 Å². The van der Waals surface area contributed by atoms with Crippen LogP contribution in [0, 0.1) is 0 Å². The summed E-state index contributed by atoms with van der Waals surface area (Å²) in [6, 6.07) is 9.90. The largest absolute Gasteiger partial charge is 0.497 e. The molecular formula is C17H17BrN2O2. The third-order valence-corrected chi connectivity index (χ3v) is 4.40. The Bertz CT molecular complexity index is 673. The molecule has 22 heavy (non-hydrogen) atoms. The first-order chi connectivity index (χ1) is 10.7. The molecule has 1 aromatic heterocycles. The number of nitrogens with zero attached hydrogens (tertiary/aromatic N) is 2. The van der Waals surface area contributed by atoms with E-state index in [-0.39, 0.29) is 11.9 Å². The SMILES string of the molecule is COc1ccc([C@H]2CCCN2C(=O)c2cncc(Br)c2)cc1. The van der Waals surface area contributed by atoms with Gasteiger partial charge in [0, 0.05) is 23.4 Å². The van der Waals surface area contributed by atoms with Gasteiger partial charge < -0.3 is 9.64 Å². The first-order valence-electron chi connectivity index (χ1n) is 7.24. The molecule has 1 aromatic carbocycles. The molecule has 1 atom stereocenters. The second kappa shape index (κ2) is 6.48. The number of pyridine rings is 1. The summed E-state index contributed by atoms with van der Waals surface area (Å²) in [6.07, 6.45) is 5.31. The molecule has 0 spiro atoms. The first-order valence-corrected chi connectivity index (χ1v) is 8.04. The van der Waals surface area contributed by atoms with Gasteiger partial charge in [0.05, 0.1) is 18.7 Å². The van der Waals surface area contributed by atoms with Crippen LogP contribution in [0.15, 0.2) is 47.2 Å². The van der Waals surface area contributed by atoms with Crippen LogP contribution in [0.3, 0.4) is 0 Å². The molecule has 2 heterocycles. The summed E-state index contributed by atoms with van der Waals surface area (Å²) in [7, 11) is 1.65. The number of carbonyl (C=O) groups is 1. The van der Waals surface area contributed by atoms with Gasteiger partial charge in [0.25, 0.3) is 5.91 Å². The fourth-order valence-electron chi connectivity index (χ4n) is 2.88. The molecule has 0 bridgehead atoms. The standard InChI is InChI=1S/C17H17BrN2O2/c1-22-15-6-4-12(5-7-15)16-3-2-8-20(16)17(21)13-9-14(18)11-19-10-13/h4-7,9-11,16H,2-3,8H2,1H3/t16-/m1/s1. The Morgan fingerprint density at radius 1 is 1.32 bits per heavy atom. The number of methoxy groups -OCH3 is 1. The van der Waals surface area contributed by atoms with Crippen LogP contribution in [-0.4, -0.2) is 29.4 Å².